The minimum absolute atomic E-state index is 0.0532. The van der Waals surface area contributed by atoms with Crippen molar-refractivity contribution in [3.8, 4) is 0 Å². The van der Waals surface area contributed by atoms with Crippen LogP contribution in [0.3, 0.4) is 0 Å². The summed E-state index contributed by atoms with van der Waals surface area (Å²) in [5.41, 5.74) is 2.69. The van der Waals surface area contributed by atoms with E-state index in [2.05, 4.69) is 27.3 Å². The molecule has 2 aromatic rings. The molecule has 1 saturated heterocycles. The van der Waals surface area contributed by atoms with Gasteiger partial charge in [-0.05, 0) is 31.0 Å². The number of amides is 2. The van der Waals surface area contributed by atoms with Gasteiger partial charge in [-0.25, -0.2) is 0 Å². The fourth-order valence-electron chi connectivity index (χ4n) is 3.38. The predicted octanol–water partition coefficient (Wildman–Crippen LogP) is 1.51. The molecule has 2 amide bonds. The number of benzene rings is 1. The zero-order chi connectivity index (χ0) is 19.2. The first-order valence-corrected chi connectivity index (χ1v) is 9.30. The Morgan fingerprint density at radius 3 is 2.59 bits per heavy atom. The molecule has 2 heterocycles. The molecule has 1 aromatic carbocycles. The highest BCUT2D eigenvalue weighted by molar-refractivity contribution is 5.94. The van der Waals surface area contributed by atoms with E-state index in [1.807, 2.05) is 31.2 Å². The van der Waals surface area contributed by atoms with Gasteiger partial charge < -0.3 is 10.2 Å². The van der Waals surface area contributed by atoms with Crippen molar-refractivity contribution in [3.05, 3.63) is 65.5 Å². The summed E-state index contributed by atoms with van der Waals surface area (Å²) in [5, 5.41) is 2.74. The number of rotatable bonds is 5. The molecule has 0 saturated carbocycles. The molecule has 0 aliphatic carbocycles. The first-order chi connectivity index (χ1) is 13.1. The summed E-state index contributed by atoms with van der Waals surface area (Å²) in [7, 11) is 1.64. The highest BCUT2D eigenvalue weighted by Gasteiger charge is 2.33. The lowest BCUT2D eigenvalue weighted by molar-refractivity contribution is -0.127. The summed E-state index contributed by atoms with van der Waals surface area (Å²) in [4.78, 5) is 33.4. The zero-order valence-corrected chi connectivity index (χ0v) is 15.9. The van der Waals surface area contributed by atoms with E-state index < -0.39 is 0 Å². The smallest absolute Gasteiger partial charge is 0.255 e. The van der Waals surface area contributed by atoms with Crippen LogP contribution in [-0.4, -0.2) is 65.9 Å². The first-order valence-electron chi connectivity index (χ1n) is 9.30. The molecule has 142 valence electrons. The van der Waals surface area contributed by atoms with E-state index in [0.29, 0.717) is 25.2 Å². The zero-order valence-electron chi connectivity index (χ0n) is 15.9. The number of likely N-dealkylation sites (N-methyl/N-ethyl adjacent to an activating group) is 1. The van der Waals surface area contributed by atoms with E-state index in [0.717, 1.165) is 18.7 Å². The molecule has 0 spiro atoms. The number of carbonyl (C=O) groups is 2. The third-order valence-corrected chi connectivity index (χ3v) is 5.02. The van der Waals surface area contributed by atoms with Crippen LogP contribution in [0.2, 0.25) is 0 Å². The maximum atomic E-state index is 12.8. The third-order valence-electron chi connectivity index (χ3n) is 5.02. The van der Waals surface area contributed by atoms with E-state index in [9.17, 15) is 9.59 Å². The number of nitrogens with zero attached hydrogens (tertiary/aromatic N) is 3. The summed E-state index contributed by atoms with van der Waals surface area (Å²) in [6.07, 6.45) is 2.48. The number of aryl methyl sites for hydroxylation is 1. The molecule has 1 atom stereocenters. The average molecular weight is 366 g/mol. The van der Waals surface area contributed by atoms with Crippen LogP contribution < -0.4 is 5.32 Å². The van der Waals surface area contributed by atoms with Gasteiger partial charge in [0.2, 0.25) is 5.91 Å². The first kappa shape index (κ1) is 19.0. The lowest BCUT2D eigenvalue weighted by Crippen LogP contribution is -2.60. The number of pyridine rings is 1. The van der Waals surface area contributed by atoms with Gasteiger partial charge in [0.25, 0.3) is 5.91 Å². The Hall–Kier alpha value is -2.73. The fourth-order valence-corrected chi connectivity index (χ4v) is 3.38. The molecule has 1 aromatic heterocycles. The molecule has 1 fully saturated rings. The molecule has 3 rings (SSSR count). The second kappa shape index (κ2) is 8.77. The number of piperazine rings is 1. The van der Waals surface area contributed by atoms with Crippen LogP contribution in [0.4, 0.5) is 0 Å². The number of hydrogen-bond acceptors (Lipinski definition) is 4. The quantitative estimate of drug-likeness (QED) is 0.871. The van der Waals surface area contributed by atoms with Crippen molar-refractivity contribution >= 4 is 11.8 Å². The van der Waals surface area contributed by atoms with Crippen molar-refractivity contribution in [3.63, 3.8) is 0 Å². The second-order valence-electron chi connectivity index (χ2n) is 6.84. The average Bonchev–Trinajstić information content (AvgIpc) is 2.72. The van der Waals surface area contributed by atoms with Crippen LogP contribution >= 0.6 is 0 Å². The van der Waals surface area contributed by atoms with Gasteiger partial charge in [-0.1, -0.05) is 30.3 Å². The lowest BCUT2D eigenvalue weighted by Gasteiger charge is -2.40. The van der Waals surface area contributed by atoms with Crippen molar-refractivity contribution in [2.75, 3.05) is 33.2 Å². The van der Waals surface area contributed by atoms with Crippen molar-refractivity contribution < 1.29 is 9.59 Å². The van der Waals surface area contributed by atoms with Gasteiger partial charge in [-0.2, -0.15) is 0 Å². The molecule has 0 unspecified atom stereocenters. The highest BCUT2D eigenvalue weighted by Crippen LogP contribution is 2.15. The minimum atomic E-state index is -0.338. The lowest BCUT2D eigenvalue weighted by atomic mass is 10.1. The van der Waals surface area contributed by atoms with Crippen molar-refractivity contribution in [1.82, 2.24) is 20.1 Å². The van der Waals surface area contributed by atoms with Crippen LogP contribution in [0, 0.1) is 6.92 Å². The van der Waals surface area contributed by atoms with E-state index >= 15 is 0 Å². The topological polar surface area (TPSA) is 65.5 Å². The van der Waals surface area contributed by atoms with E-state index in [1.54, 1.807) is 24.2 Å². The monoisotopic (exact) mass is 366 g/mol. The number of hydrogen-bond donors (Lipinski definition) is 1. The van der Waals surface area contributed by atoms with Crippen molar-refractivity contribution in [1.29, 1.82) is 0 Å². The van der Waals surface area contributed by atoms with E-state index in [-0.39, 0.29) is 17.9 Å². The Balaban J connectivity index is 1.67. The molecule has 0 bridgehead atoms. The van der Waals surface area contributed by atoms with Crippen LogP contribution in [0.5, 0.6) is 0 Å². The summed E-state index contributed by atoms with van der Waals surface area (Å²) < 4.78 is 0. The normalized spacial score (nSPS) is 17.6. The maximum Gasteiger partial charge on any atom is 0.255 e. The number of aromatic nitrogens is 1. The third kappa shape index (κ3) is 4.71. The van der Waals surface area contributed by atoms with Gasteiger partial charge >= 0.3 is 0 Å². The number of nitrogens with one attached hydrogen (secondary N) is 1. The second-order valence-corrected chi connectivity index (χ2v) is 6.84. The predicted molar refractivity (Wildman–Crippen MR) is 104 cm³/mol. The van der Waals surface area contributed by atoms with Gasteiger partial charge in [-0.3, -0.25) is 19.5 Å². The fraction of sp³-hybridized carbons (Fsp3) is 0.381. The number of carbonyl (C=O) groups excluding carboxylic acids is 2. The Kier molecular flexibility index (Phi) is 6.19. The molecule has 6 nitrogen and oxygen atoms in total. The largest absolute Gasteiger partial charge is 0.358 e. The molecule has 0 radical (unpaired) electrons. The Morgan fingerprint density at radius 1 is 1.15 bits per heavy atom. The molecular weight excluding hydrogens is 340 g/mol. The van der Waals surface area contributed by atoms with Gasteiger partial charge in [0, 0.05) is 45.1 Å². The van der Waals surface area contributed by atoms with Gasteiger partial charge in [0.1, 0.15) is 6.04 Å². The summed E-state index contributed by atoms with van der Waals surface area (Å²) in [6.45, 7) is 4.35. The molecular formula is C21H26N4O2. The summed E-state index contributed by atoms with van der Waals surface area (Å²) in [6, 6.07) is 13.5. The Labute approximate surface area is 160 Å². The van der Waals surface area contributed by atoms with Gasteiger partial charge in [-0.15, -0.1) is 0 Å². The van der Waals surface area contributed by atoms with Gasteiger partial charge in [0.05, 0.1) is 5.56 Å². The summed E-state index contributed by atoms with van der Waals surface area (Å²) >= 11 is 0. The van der Waals surface area contributed by atoms with Gasteiger partial charge in [0.15, 0.2) is 0 Å². The van der Waals surface area contributed by atoms with Crippen LogP contribution in [0.25, 0.3) is 0 Å². The summed E-state index contributed by atoms with van der Waals surface area (Å²) in [5.74, 6) is -0.123. The Morgan fingerprint density at radius 2 is 1.93 bits per heavy atom. The molecule has 6 heteroatoms. The SMILES string of the molecule is CNC(=O)[C@H]1CN(C(=O)c2ccc(C)nc2)CCN1CCc1ccccc1. The van der Waals surface area contributed by atoms with E-state index in [4.69, 9.17) is 0 Å². The molecule has 27 heavy (non-hydrogen) atoms. The maximum absolute atomic E-state index is 12.8. The van der Waals surface area contributed by atoms with Crippen LogP contribution in [0.1, 0.15) is 21.6 Å². The molecule has 1 aliphatic rings. The van der Waals surface area contributed by atoms with Crippen LogP contribution in [-0.2, 0) is 11.2 Å². The Bertz CT molecular complexity index is 777. The van der Waals surface area contributed by atoms with Crippen molar-refractivity contribution in [2.24, 2.45) is 0 Å². The minimum Gasteiger partial charge on any atom is -0.358 e. The van der Waals surface area contributed by atoms with Crippen molar-refractivity contribution in [2.45, 2.75) is 19.4 Å². The van der Waals surface area contributed by atoms with Crippen LogP contribution in [0.15, 0.2) is 48.7 Å². The molecule has 1 aliphatic heterocycles. The molecule has 1 N–H and O–H groups in total. The van der Waals surface area contributed by atoms with E-state index in [1.165, 1.54) is 5.56 Å². The standard InChI is InChI=1S/C21H26N4O2/c1-16-8-9-18(14-23-16)21(27)25-13-12-24(19(15-25)20(26)22-2)11-10-17-6-4-3-5-7-17/h3-9,14,19H,10-13,15H2,1-2H3,(H,22,26)/t19-/m1/s1. The highest BCUT2D eigenvalue weighted by atomic mass is 16.2.